The van der Waals surface area contributed by atoms with Crippen molar-refractivity contribution in [3.05, 3.63) is 48.2 Å². The van der Waals surface area contributed by atoms with Crippen molar-refractivity contribution in [3.63, 3.8) is 0 Å². The van der Waals surface area contributed by atoms with Crippen molar-refractivity contribution in [2.45, 2.75) is 28.7 Å². The maximum Gasteiger partial charge on any atom is 0.341 e. The molecule has 1 N–H and O–H groups in total. The van der Waals surface area contributed by atoms with Gasteiger partial charge in [0, 0.05) is 26.0 Å². The first-order valence-corrected chi connectivity index (χ1v) is 10.8. The SMILES string of the molecule is C[C@H](OC(=O)c1cccnc1SC(F)F)C(=O)Nc1cccc(S(=O)(=O)N(C)C)c1. The van der Waals surface area contributed by atoms with Crippen LogP contribution in [0.2, 0.25) is 0 Å². The Balaban J connectivity index is 2.10. The highest BCUT2D eigenvalue weighted by Gasteiger charge is 2.24. The lowest BCUT2D eigenvalue weighted by Gasteiger charge is -2.16. The summed E-state index contributed by atoms with van der Waals surface area (Å²) >= 11 is 0.0909. The molecule has 1 amide bonds. The van der Waals surface area contributed by atoms with E-state index in [2.05, 4.69) is 10.3 Å². The number of sulfonamides is 1. The van der Waals surface area contributed by atoms with E-state index in [0.717, 1.165) is 4.31 Å². The highest BCUT2D eigenvalue weighted by atomic mass is 32.2. The number of alkyl halides is 2. The average Bonchev–Trinajstić information content (AvgIpc) is 2.67. The molecule has 2 rings (SSSR count). The number of carbonyl (C=O) groups excluding carboxylic acids is 2. The highest BCUT2D eigenvalue weighted by Crippen LogP contribution is 2.27. The molecule has 12 heteroatoms. The molecule has 0 aliphatic heterocycles. The van der Waals surface area contributed by atoms with Crippen LogP contribution in [0.1, 0.15) is 17.3 Å². The Hall–Kier alpha value is -2.57. The van der Waals surface area contributed by atoms with Gasteiger partial charge >= 0.3 is 5.97 Å². The standard InChI is InChI=1S/C18H19F2N3O5S2/c1-11(28-17(25)14-8-5-9-21-16(14)29-18(19)20)15(24)22-12-6-4-7-13(10-12)30(26,27)23(2)3/h4-11,18H,1-3H3,(H,22,24)/t11-/m0/s1. The Morgan fingerprint density at radius 1 is 1.20 bits per heavy atom. The number of hydrogen-bond acceptors (Lipinski definition) is 7. The van der Waals surface area contributed by atoms with Crippen LogP contribution < -0.4 is 5.32 Å². The smallest absolute Gasteiger partial charge is 0.341 e. The van der Waals surface area contributed by atoms with Crippen molar-refractivity contribution in [2.75, 3.05) is 19.4 Å². The van der Waals surface area contributed by atoms with Crippen molar-refractivity contribution in [1.29, 1.82) is 0 Å². The number of benzene rings is 1. The summed E-state index contributed by atoms with van der Waals surface area (Å²) in [4.78, 5) is 28.3. The number of carbonyl (C=O) groups is 2. The normalized spacial score (nSPS) is 12.6. The molecule has 0 bridgehead atoms. The molecule has 8 nitrogen and oxygen atoms in total. The predicted octanol–water partition coefficient (Wildman–Crippen LogP) is 2.83. The minimum atomic E-state index is -3.70. The fourth-order valence-corrected chi connectivity index (χ4v) is 3.71. The fraction of sp³-hybridized carbons (Fsp3) is 0.278. The molecule has 0 saturated heterocycles. The van der Waals surface area contributed by atoms with Crippen molar-refractivity contribution in [1.82, 2.24) is 9.29 Å². The van der Waals surface area contributed by atoms with Crippen molar-refractivity contribution < 1.29 is 31.5 Å². The Labute approximate surface area is 176 Å². The van der Waals surface area contributed by atoms with Gasteiger partial charge in [0.1, 0.15) is 5.03 Å². The monoisotopic (exact) mass is 459 g/mol. The second-order valence-corrected chi connectivity index (χ2v) is 9.22. The van der Waals surface area contributed by atoms with E-state index in [1.807, 2.05) is 0 Å². The molecule has 0 unspecified atom stereocenters. The molecule has 1 aromatic carbocycles. The molecule has 1 atom stereocenters. The van der Waals surface area contributed by atoms with E-state index in [1.165, 1.54) is 63.6 Å². The van der Waals surface area contributed by atoms with E-state index >= 15 is 0 Å². The van der Waals surface area contributed by atoms with Crippen LogP contribution in [0.4, 0.5) is 14.5 Å². The lowest BCUT2D eigenvalue weighted by molar-refractivity contribution is -0.123. The Morgan fingerprint density at radius 2 is 1.90 bits per heavy atom. The number of nitrogens with zero attached hydrogens (tertiary/aromatic N) is 2. The van der Waals surface area contributed by atoms with Crippen LogP contribution in [0, 0.1) is 0 Å². The number of amides is 1. The zero-order valence-electron chi connectivity index (χ0n) is 16.2. The van der Waals surface area contributed by atoms with Crippen molar-refractivity contribution in [2.24, 2.45) is 0 Å². The molecular formula is C18H19F2N3O5S2. The molecule has 0 saturated carbocycles. The molecule has 0 spiro atoms. The van der Waals surface area contributed by atoms with Gasteiger partial charge in [0.15, 0.2) is 6.10 Å². The maximum atomic E-state index is 12.6. The lowest BCUT2D eigenvalue weighted by Crippen LogP contribution is -2.30. The first kappa shape index (κ1) is 23.7. The topological polar surface area (TPSA) is 106 Å². The van der Waals surface area contributed by atoms with Gasteiger partial charge in [-0.2, -0.15) is 8.78 Å². The Morgan fingerprint density at radius 3 is 2.53 bits per heavy atom. The summed E-state index contributed by atoms with van der Waals surface area (Å²) in [5.41, 5.74) is -0.0114. The number of pyridine rings is 1. The van der Waals surface area contributed by atoms with Crippen molar-refractivity contribution >= 4 is 39.3 Å². The molecule has 0 aliphatic rings. The summed E-state index contributed by atoms with van der Waals surface area (Å²) in [7, 11) is -0.947. The van der Waals surface area contributed by atoms with E-state index in [9.17, 15) is 26.8 Å². The summed E-state index contributed by atoms with van der Waals surface area (Å²) in [5, 5.41) is 2.24. The zero-order valence-corrected chi connectivity index (χ0v) is 17.8. The minimum absolute atomic E-state index is 0.0287. The highest BCUT2D eigenvalue weighted by molar-refractivity contribution is 7.99. The molecule has 162 valence electrons. The second kappa shape index (κ2) is 9.96. The number of thioether (sulfide) groups is 1. The number of hydrogen-bond donors (Lipinski definition) is 1. The van der Waals surface area contributed by atoms with Gasteiger partial charge in [-0.15, -0.1) is 0 Å². The van der Waals surface area contributed by atoms with Crippen LogP contribution in [0.5, 0.6) is 0 Å². The van der Waals surface area contributed by atoms with Crippen molar-refractivity contribution in [3.8, 4) is 0 Å². The fourth-order valence-electron chi connectivity index (χ4n) is 2.19. The molecule has 0 fully saturated rings. The van der Waals surface area contributed by atoms with Crippen LogP contribution in [-0.4, -0.2) is 55.5 Å². The Bertz CT molecular complexity index is 1030. The summed E-state index contributed by atoms with van der Waals surface area (Å²) in [6.45, 7) is 1.30. The molecule has 1 heterocycles. The first-order valence-electron chi connectivity index (χ1n) is 8.46. The molecule has 30 heavy (non-hydrogen) atoms. The number of ether oxygens (including phenoxy) is 1. The number of esters is 1. The van der Waals surface area contributed by atoms with Gasteiger partial charge in [-0.1, -0.05) is 6.07 Å². The number of rotatable bonds is 8. The van der Waals surface area contributed by atoms with Crippen LogP contribution in [0.25, 0.3) is 0 Å². The molecule has 0 aliphatic carbocycles. The molecule has 1 aromatic heterocycles. The van der Waals surface area contributed by atoms with Gasteiger partial charge in [0.2, 0.25) is 10.0 Å². The third-order valence-corrected chi connectivity index (χ3v) is 6.26. The number of aromatic nitrogens is 1. The van der Waals surface area contributed by atoms with Gasteiger partial charge in [-0.25, -0.2) is 22.5 Å². The van der Waals surface area contributed by atoms with E-state index in [4.69, 9.17) is 4.74 Å². The van der Waals surface area contributed by atoms with E-state index in [-0.39, 0.29) is 32.9 Å². The average molecular weight is 459 g/mol. The second-order valence-electron chi connectivity index (χ2n) is 6.09. The summed E-state index contributed by atoms with van der Waals surface area (Å²) < 4.78 is 55.7. The van der Waals surface area contributed by atoms with Gasteiger partial charge in [-0.05, 0) is 49.0 Å². The van der Waals surface area contributed by atoms with Gasteiger partial charge in [0.05, 0.1) is 10.5 Å². The van der Waals surface area contributed by atoms with E-state index in [1.54, 1.807) is 0 Å². The minimum Gasteiger partial charge on any atom is -0.449 e. The molecule has 0 radical (unpaired) electrons. The summed E-state index contributed by atoms with van der Waals surface area (Å²) in [6, 6.07) is 8.21. The maximum absolute atomic E-state index is 12.6. The van der Waals surface area contributed by atoms with Gasteiger partial charge < -0.3 is 10.1 Å². The molecular weight excluding hydrogens is 440 g/mol. The quantitative estimate of drug-likeness (QED) is 0.478. The zero-order chi connectivity index (χ0) is 22.5. The third-order valence-electron chi connectivity index (χ3n) is 3.72. The van der Waals surface area contributed by atoms with E-state index < -0.39 is 33.8 Å². The van der Waals surface area contributed by atoms with Crippen LogP contribution in [-0.2, 0) is 19.6 Å². The summed E-state index contributed by atoms with van der Waals surface area (Å²) in [5.74, 6) is -4.49. The molecule has 2 aromatic rings. The van der Waals surface area contributed by atoms with Gasteiger partial charge in [0.25, 0.3) is 11.7 Å². The number of nitrogens with one attached hydrogen (secondary N) is 1. The predicted molar refractivity (Wildman–Crippen MR) is 107 cm³/mol. The number of anilines is 1. The van der Waals surface area contributed by atoms with Crippen LogP contribution >= 0.6 is 11.8 Å². The van der Waals surface area contributed by atoms with E-state index in [0.29, 0.717) is 0 Å². The summed E-state index contributed by atoms with van der Waals surface area (Å²) in [6.07, 6.45) is -0.0249. The van der Waals surface area contributed by atoms with Crippen LogP contribution in [0.15, 0.2) is 52.5 Å². The van der Waals surface area contributed by atoms with Crippen LogP contribution in [0.3, 0.4) is 0 Å². The Kier molecular flexibility index (Phi) is 7.87. The first-order chi connectivity index (χ1) is 14.0. The van der Waals surface area contributed by atoms with Gasteiger partial charge in [-0.3, -0.25) is 4.79 Å². The number of halogens is 2. The third kappa shape index (κ3) is 5.97. The largest absolute Gasteiger partial charge is 0.449 e. The lowest BCUT2D eigenvalue weighted by atomic mass is 10.2.